The fourth-order valence-corrected chi connectivity index (χ4v) is 3.32. The second-order valence-electron chi connectivity index (χ2n) is 6.06. The van der Waals surface area contributed by atoms with Gasteiger partial charge in [0.15, 0.2) is 0 Å². The zero-order valence-corrected chi connectivity index (χ0v) is 11.3. The van der Waals surface area contributed by atoms with Crippen LogP contribution in [0.5, 0.6) is 0 Å². The minimum Gasteiger partial charge on any atom is -0.481 e. The zero-order chi connectivity index (χ0) is 13.3. The van der Waals surface area contributed by atoms with E-state index >= 15 is 0 Å². The quantitative estimate of drug-likeness (QED) is 0.837. The predicted octanol–water partition coefficient (Wildman–Crippen LogP) is 1.99. The molecule has 18 heavy (non-hydrogen) atoms. The van der Waals surface area contributed by atoms with Crippen molar-refractivity contribution in [3.63, 3.8) is 0 Å². The van der Waals surface area contributed by atoms with Gasteiger partial charge in [-0.2, -0.15) is 0 Å². The smallest absolute Gasteiger partial charge is 0.307 e. The summed E-state index contributed by atoms with van der Waals surface area (Å²) in [5, 5.41) is 9.14. The van der Waals surface area contributed by atoms with E-state index in [1.54, 1.807) is 0 Å². The van der Waals surface area contributed by atoms with Crippen LogP contribution >= 0.6 is 0 Å². The highest BCUT2D eigenvalue weighted by Gasteiger charge is 2.41. The number of nitrogens with zero attached hydrogens (tertiary/aromatic N) is 1. The Morgan fingerprint density at radius 1 is 1.17 bits per heavy atom. The Morgan fingerprint density at radius 2 is 1.83 bits per heavy atom. The summed E-state index contributed by atoms with van der Waals surface area (Å²) in [6.07, 6.45) is 3.34. The minimum atomic E-state index is -0.801. The van der Waals surface area contributed by atoms with Crippen LogP contribution in [0.1, 0.15) is 39.5 Å². The lowest BCUT2D eigenvalue weighted by molar-refractivity contribution is -0.148. The maximum absolute atomic E-state index is 12.4. The van der Waals surface area contributed by atoms with E-state index in [9.17, 15) is 9.59 Å². The van der Waals surface area contributed by atoms with Crippen molar-refractivity contribution >= 4 is 11.9 Å². The molecule has 0 aromatic heterocycles. The molecule has 1 N–H and O–H groups in total. The second-order valence-corrected chi connectivity index (χ2v) is 6.06. The van der Waals surface area contributed by atoms with Gasteiger partial charge in [-0.1, -0.05) is 20.3 Å². The molecule has 4 heteroatoms. The maximum Gasteiger partial charge on any atom is 0.307 e. The van der Waals surface area contributed by atoms with Crippen molar-refractivity contribution < 1.29 is 14.7 Å². The first kappa shape index (κ1) is 13.4. The topological polar surface area (TPSA) is 57.6 Å². The first-order valence-electron chi connectivity index (χ1n) is 7.02. The average Bonchev–Trinajstić information content (AvgIpc) is 2.97. The molecule has 0 bridgehead atoms. The number of hydrogen-bond donors (Lipinski definition) is 1. The van der Waals surface area contributed by atoms with Crippen LogP contribution in [0.3, 0.4) is 0 Å². The summed E-state index contributed by atoms with van der Waals surface area (Å²) < 4.78 is 0. The summed E-state index contributed by atoms with van der Waals surface area (Å²) in [5.74, 6) is -0.252. The van der Waals surface area contributed by atoms with E-state index in [2.05, 4.69) is 13.8 Å². The first-order chi connectivity index (χ1) is 8.50. The second kappa shape index (κ2) is 5.29. The normalized spacial score (nSPS) is 32.2. The van der Waals surface area contributed by atoms with E-state index in [0.717, 1.165) is 32.4 Å². The number of hydrogen-bond acceptors (Lipinski definition) is 2. The van der Waals surface area contributed by atoms with E-state index in [0.29, 0.717) is 18.3 Å². The third-order valence-electron chi connectivity index (χ3n) is 4.63. The SMILES string of the molecule is CC(C)C1CCN(C(=O)C2CCCC2C(=O)O)C1. The van der Waals surface area contributed by atoms with Crippen LogP contribution in [0.2, 0.25) is 0 Å². The molecule has 102 valence electrons. The molecule has 0 aromatic rings. The van der Waals surface area contributed by atoms with Gasteiger partial charge in [-0.15, -0.1) is 0 Å². The standard InChI is InChI=1S/C14H23NO3/c1-9(2)10-6-7-15(8-10)13(16)11-4-3-5-12(11)14(17)18/h9-12H,3-8H2,1-2H3,(H,17,18). The largest absolute Gasteiger partial charge is 0.481 e. The van der Waals surface area contributed by atoms with E-state index in [-0.39, 0.29) is 11.8 Å². The molecule has 1 aliphatic heterocycles. The van der Waals surface area contributed by atoms with Gasteiger partial charge < -0.3 is 10.0 Å². The van der Waals surface area contributed by atoms with Crippen LogP contribution in [0.25, 0.3) is 0 Å². The van der Waals surface area contributed by atoms with Crippen molar-refractivity contribution in [2.75, 3.05) is 13.1 Å². The van der Waals surface area contributed by atoms with Gasteiger partial charge in [-0.25, -0.2) is 0 Å². The molecule has 0 radical (unpaired) electrons. The molecule has 1 amide bonds. The highest BCUT2D eigenvalue weighted by Crippen LogP contribution is 2.35. The van der Waals surface area contributed by atoms with E-state index in [1.165, 1.54) is 0 Å². The number of aliphatic carboxylic acids is 1. The summed E-state index contributed by atoms with van der Waals surface area (Å²) in [6.45, 7) is 6.01. The van der Waals surface area contributed by atoms with E-state index in [4.69, 9.17) is 5.11 Å². The Bertz CT molecular complexity index is 340. The number of carboxylic acid groups (broad SMARTS) is 1. The van der Waals surface area contributed by atoms with E-state index < -0.39 is 11.9 Å². The first-order valence-corrected chi connectivity index (χ1v) is 7.02. The molecule has 1 heterocycles. The number of rotatable bonds is 3. The zero-order valence-electron chi connectivity index (χ0n) is 11.3. The summed E-state index contributed by atoms with van der Waals surface area (Å²) >= 11 is 0. The molecule has 1 saturated heterocycles. The number of carbonyl (C=O) groups is 2. The maximum atomic E-state index is 12.4. The molecule has 0 spiro atoms. The summed E-state index contributed by atoms with van der Waals surface area (Å²) in [5.41, 5.74) is 0. The van der Waals surface area contributed by atoms with Gasteiger partial charge in [0.1, 0.15) is 0 Å². The lowest BCUT2D eigenvalue weighted by Crippen LogP contribution is -2.38. The van der Waals surface area contributed by atoms with Gasteiger partial charge in [0.25, 0.3) is 0 Å². The Balaban J connectivity index is 1.98. The van der Waals surface area contributed by atoms with Gasteiger partial charge in [0.2, 0.25) is 5.91 Å². The van der Waals surface area contributed by atoms with Crippen LogP contribution < -0.4 is 0 Å². The molecular formula is C14H23NO3. The van der Waals surface area contributed by atoms with Crippen molar-refractivity contribution in [2.24, 2.45) is 23.7 Å². The van der Waals surface area contributed by atoms with E-state index in [1.807, 2.05) is 4.90 Å². The van der Waals surface area contributed by atoms with Crippen LogP contribution in [0.4, 0.5) is 0 Å². The van der Waals surface area contributed by atoms with Crippen LogP contribution in [0, 0.1) is 23.7 Å². The number of carboxylic acids is 1. The van der Waals surface area contributed by atoms with Crippen LogP contribution in [-0.4, -0.2) is 35.0 Å². The molecule has 3 atom stereocenters. The number of amides is 1. The Labute approximate surface area is 108 Å². The van der Waals surface area contributed by atoms with Gasteiger partial charge in [0, 0.05) is 13.1 Å². The van der Waals surface area contributed by atoms with Crippen LogP contribution in [-0.2, 0) is 9.59 Å². The van der Waals surface area contributed by atoms with Crippen molar-refractivity contribution in [2.45, 2.75) is 39.5 Å². The molecule has 2 fully saturated rings. The summed E-state index contributed by atoms with van der Waals surface area (Å²) in [7, 11) is 0. The lowest BCUT2D eigenvalue weighted by Gasteiger charge is -2.23. The van der Waals surface area contributed by atoms with Crippen LogP contribution in [0.15, 0.2) is 0 Å². The molecule has 4 nitrogen and oxygen atoms in total. The molecule has 2 rings (SSSR count). The van der Waals surface area contributed by atoms with Gasteiger partial charge in [-0.05, 0) is 31.1 Å². The lowest BCUT2D eigenvalue weighted by atomic mass is 9.94. The highest BCUT2D eigenvalue weighted by atomic mass is 16.4. The third kappa shape index (κ3) is 2.52. The van der Waals surface area contributed by atoms with Gasteiger partial charge >= 0.3 is 5.97 Å². The number of carbonyl (C=O) groups excluding carboxylic acids is 1. The summed E-state index contributed by atoms with van der Waals surface area (Å²) in [4.78, 5) is 25.4. The Morgan fingerprint density at radius 3 is 2.39 bits per heavy atom. The molecule has 0 aromatic carbocycles. The molecule has 1 saturated carbocycles. The fraction of sp³-hybridized carbons (Fsp3) is 0.857. The van der Waals surface area contributed by atoms with Crippen molar-refractivity contribution in [1.82, 2.24) is 4.90 Å². The van der Waals surface area contributed by atoms with Crippen molar-refractivity contribution in [1.29, 1.82) is 0 Å². The van der Waals surface area contributed by atoms with Crippen molar-refractivity contribution in [3.8, 4) is 0 Å². The van der Waals surface area contributed by atoms with Gasteiger partial charge in [-0.3, -0.25) is 9.59 Å². The highest BCUT2D eigenvalue weighted by molar-refractivity contribution is 5.85. The third-order valence-corrected chi connectivity index (χ3v) is 4.63. The minimum absolute atomic E-state index is 0.0862. The number of likely N-dealkylation sites (tertiary alicyclic amines) is 1. The van der Waals surface area contributed by atoms with Gasteiger partial charge in [0.05, 0.1) is 11.8 Å². The average molecular weight is 253 g/mol. The predicted molar refractivity (Wildman–Crippen MR) is 68.0 cm³/mol. The monoisotopic (exact) mass is 253 g/mol. The Kier molecular flexibility index (Phi) is 3.93. The molecular weight excluding hydrogens is 230 g/mol. The molecule has 3 unspecified atom stereocenters. The van der Waals surface area contributed by atoms with Crippen molar-refractivity contribution in [3.05, 3.63) is 0 Å². The molecule has 1 aliphatic carbocycles. The fourth-order valence-electron chi connectivity index (χ4n) is 3.32. The Hall–Kier alpha value is -1.06. The summed E-state index contributed by atoms with van der Waals surface area (Å²) in [6, 6.07) is 0. The molecule has 2 aliphatic rings.